The predicted octanol–water partition coefficient (Wildman–Crippen LogP) is 8.80. The Morgan fingerprint density at radius 1 is 0.535 bits per heavy atom. The van der Waals surface area contributed by atoms with Gasteiger partial charge in [0.25, 0.3) is 0 Å². The number of aromatic hydroxyl groups is 5. The fraction of sp³-hybridized carbons (Fsp3) is 0.161. The quantitative estimate of drug-likeness (QED) is 0.0526. The Hall–Kier alpha value is -8.63. The molecule has 0 spiro atoms. The van der Waals surface area contributed by atoms with E-state index in [0.717, 1.165) is 50.5 Å². The van der Waals surface area contributed by atoms with Gasteiger partial charge in [0.05, 0.1) is 29.0 Å². The molecule has 9 rings (SSSR count). The molecule has 0 amide bonds. The third-order valence-corrected chi connectivity index (χ3v) is 10.9. The van der Waals surface area contributed by atoms with Crippen molar-refractivity contribution < 1.29 is 45.3 Å². The number of carbonyl (C=O) groups is 1. The smallest absolute Gasteiger partial charge is 0.219 e. The minimum Gasteiger partial charge on any atom is -0.508 e. The monoisotopic (exact) mass is 956 g/mol. The summed E-state index contributed by atoms with van der Waals surface area (Å²) in [5.74, 6) is 1.19. The third-order valence-electron chi connectivity index (χ3n) is 10.9. The summed E-state index contributed by atoms with van der Waals surface area (Å²) in [6.07, 6.45) is 4.49. The molecule has 0 atom stereocenters. The van der Waals surface area contributed by atoms with E-state index >= 15 is 0 Å². The van der Waals surface area contributed by atoms with Crippen molar-refractivity contribution in [1.29, 1.82) is 0 Å². The van der Waals surface area contributed by atoms with Crippen molar-refractivity contribution in [2.45, 2.75) is 45.8 Å². The Morgan fingerprint density at radius 3 is 1.46 bits per heavy atom. The first-order valence-corrected chi connectivity index (χ1v) is 22.7. The number of aromatic nitrogens is 5. The van der Waals surface area contributed by atoms with Gasteiger partial charge in [-0.05, 0) is 109 Å². The van der Waals surface area contributed by atoms with Crippen molar-refractivity contribution in [3.8, 4) is 51.4 Å². The van der Waals surface area contributed by atoms with Crippen molar-refractivity contribution in [1.82, 2.24) is 24.3 Å². The van der Waals surface area contributed by atoms with Crippen LogP contribution in [0, 0.1) is 0 Å². The number of nitrogens with zero attached hydrogens (tertiary/aromatic N) is 5. The Labute approximate surface area is 411 Å². The second-order valence-electron chi connectivity index (χ2n) is 16.0. The van der Waals surface area contributed by atoms with Gasteiger partial charge in [0.1, 0.15) is 34.5 Å². The standard InChI is InChI=1S/C26H21N3O3.C17H15N3O.C13H18O4.H2O/c30-20-10-6-18(7-11-20)15-23-26(32)29-16-24(19-8-12-21(31)13-9-19)27-22(25(29)28-23)14-17-4-2-1-3-5-17;18-17-15(10-12-4-2-1-3-5-12)20-16(11-19-17)13-6-8-14(21)9-7-13;1-3-16-13(17-4-2)12(15)9-10-5-7-11(14)8-6-10;/h1-13,16,30-32H,14-15H2;1-9,11,21H,10H2,(H2,18,19);5-8,13-14H,3-4,9H2,1-2H3;1H2. The van der Waals surface area contributed by atoms with E-state index in [-0.39, 0.29) is 46.6 Å². The van der Waals surface area contributed by atoms with Crippen LogP contribution in [0.1, 0.15) is 53.2 Å². The number of nitrogen functional groups attached to an aromatic ring is 1. The Bertz CT molecular complexity index is 3080. The van der Waals surface area contributed by atoms with Gasteiger partial charge in [-0.1, -0.05) is 84.9 Å². The highest BCUT2D eigenvalue weighted by molar-refractivity contribution is 5.84. The molecule has 3 aromatic heterocycles. The van der Waals surface area contributed by atoms with Crippen molar-refractivity contribution >= 4 is 17.2 Å². The molecule has 364 valence electrons. The zero-order valence-electron chi connectivity index (χ0n) is 39.3. The van der Waals surface area contributed by atoms with Crippen LogP contribution in [0.3, 0.4) is 0 Å². The molecule has 9 aromatic rings. The van der Waals surface area contributed by atoms with Gasteiger partial charge < -0.3 is 46.2 Å². The largest absolute Gasteiger partial charge is 0.508 e. The lowest BCUT2D eigenvalue weighted by Gasteiger charge is -2.15. The number of imidazole rings is 1. The molecule has 0 radical (unpaired) electrons. The summed E-state index contributed by atoms with van der Waals surface area (Å²) < 4.78 is 12.1. The molecule has 0 unspecified atom stereocenters. The summed E-state index contributed by atoms with van der Waals surface area (Å²) in [5, 5.41) is 48.6. The lowest BCUT2D eigenvalue weighted by molar-refractivity contribution is -0.167. The number of ketones is 1. The van der Waals surface area contributed by atoms with Crippen LogP contribution in [0.2, 0.25) is 0 Å². The molecule has 0 bridgehead atoms. The second kappa shape index (κ2) is 25.1. The molecule has 0 aliphatic heterocycles. The molecular weight excluding hydrogens is 901 g/mol. The van der Waals surface area contributed by atoms with E-state index < -0.39 is 6.29 Å². The molecule has 0 saturated heterocycles. The van der Waals surface area contributed by atoms with Crippen LogP contribution >= 0.6 is 0 Å². The van der Waals surface area contributed by atoms with Crippen LogP contribution < -0.4 is 5.73 Å². The van der Waals surface area contributed by atoms with Crippen molar-refractivity contribution in [2.24, 2.45) is 0 Å². The van der Waals surface area contributed by atoms with Crippen LogP contribution in [0.15, 0.2) is 170 Å². The lowest BCUT2D eigenvalue weighted by atomic mass is 10.1. The molecule has 0 saturated carbocycles. The van der Waals surface area contributed by atoms with Crippen LogP contribution in [0.4, 0.5) is 5.82 Å². The molecule has 0 fully saturated rings. The number of rotatable bonds is 15. The number of hydrogen-bond donors (Lipinski definition) is 6. The Balaban J connectivity index is 0.000000184. The number of hydrogen-bond acceptors (Lipinski definition) is 13. The number of phenols is 4. The summed E-state index contributed by atoms with van der Waals surface area (Å²) in [6, 6.07) is 47.1. The molecule has 9 N–H and O–H groups in total. The van der Waals surface area contributed by atoms with Crippen molar-refractivity contribution in [3.05, 3.63) is 209 Å². The predicted molar refractivity (Wildman–Crippen MR) is 272 cm³/mol. The number of benzene rings is 6. The van der Waals surface area contributed by atoms with E-state index in [2.05, 4.69) is 9.97 Å². The minimum absolute atomic E-state index is 0. The number of Topliss-reactive ketones (excluding diaryl/α,β-unsaturated/α-hetero) is 1. The minimum atomic E-state index is -0.793. The lowest BCUT2D eigenvalue weighted by Crippen LogP contribution is -2.29. The van der Waals surface area contributed by atoms with Gasteiger partial charge in [-0.2, -0.15) is 0 Å². The summed E-state index contributed by atoms with van der Waals surface area (Å²) >= 11 is 0. The van der Waals surface area contributed by atoms with Crippen LogP contribution in [0.5, 0.6) is 28.9 Å². The van der Waals surface area contributed by atoms with E-state index in [4.69, 9.17) is 30.3 Å². The maximum Gasteiger partial charge on any atom is 0.219 e. The molecule has 0 aliphatic rings. The number of carbonyl (C=O) groups excluding carboxylic acids is 1. The first-order chi connectivity index (χ1) is 34.0. The highest BCUT2D eigenvalue weighted by Gasteiger charge is 2.20. The molecule has 0 aliphatic carbocycles. The summed E-state index contributed by atoms with van der Waals surface area (Å²) in [6.45, 7) is 4.51. The molecule has 15 nitrogen and oxygen atoms in total. The normalized spacial score (nSPS) is 10.7. The SMILES string of the molecule is CCOC(OCC)C(=O)Cc1ccc(O)cc1.Nc1ncc(-c2ccc(O)cc2)nc1Cc1ccccc1.O.Oc1ccc(Cc2nc3c(Cc4ccccc4)nc(-c4ccc(O)cc4)cn3c2O)cc1. The van der Waals surface area contributed by atoms with E-state index in [1.807, 2.05) is 98.8 Å². The van der Waals surface area contributed by atoms with Gasteiger partial charge >= 0.3 is 0 Å². The number of nitrogens with two attached hydrogens (primary N) is 1. The summed E-state index contributed by atoms with van der Waals surface area (Å²) in [5.41, 5.74) is 15.7. The van der Waals surface area contributed by atoms with E-state index in [1.54, 1.807) is 89.6 Å². The van der Waals surface area contributed by atoms with Gasteiger partial charge in [0.2, 0.25) is 12.2 Å². The van der Waals surface area contributed by atoms with Gasteiger partial charge in [-0.25, -0.2) is 19.9 Å². The van der Waals surface area contributed by atoms with Gasteiger partial charge in [0, 0.05) is 56.2 Å². The van der Waals surface area contributed by atoms with Crippen LogP contribution in [0.25, 0.3) is 28.2 Å². The fourth-order valence-corrected chi connectivity index (χ4v) is 7.31. The first kappa shape index (κ1) is 51.8. The number of ether oxygens (including phenoxy) is 2. The Morgan fingerprint density at radius 2 is 0.958 bits per heavy atom. The molecule has 6 aromatic carbocycles. The van der Waals surface area contributed by atoms with Crippen molar-refractivity contribution in [3.63, 3.8) is 0 Å². The number of phenolic OH excluding ortho intramolecular Hbond substituents is 4. The van der Waals surface area contributed by atoms with E-state index in [1.165, 1.54) is 0 Å². The Kier molecular flexibility index (Phi) is 18.3. The van der Waals surface area contributed by atoms with Gasteiger partial charge in [0.15, 0.2) is 11.4 Å². The van der Waals surface area contributed by atoms with Crippen molar-refractivity contribution in [2.75, 3.05) is 18.9 Å². The van der Waals surface area contributed by atoms with Crippen LogP contribution in [-0.4, -0.2) is 80.6 Å². The fourth-order valence-electron chi connectivity index (χ4n) is 7.31. The molecule has 15 heteroatoms. The number of fused-ring (bicyclic) bond motifs is 1. The average molecular weight is 957 g/mol. The summed E-state index contributed by atoms with van der Waals surface area (Å²) in [7, 11) is 0. The first-order valence-electron chi connectivity index (χ1n) is 22.7. The van der Waals surface area contributed by atoms with Crippen LogP contribution in [-0.2, 0) is 40.0 Å². The van der Waals surface area contributed by atoms with Gasteiger partial charge in [-0.15, -0.1) is 0 Å². The highest BCUT2D eigenvalue weighted by atomic mass is 16.7. The maximum atomic E-state index is 11.9. The zero-order valence-corrected chi connectivity index (χ0v) is 39.3. The van der Waals surface area contributed by atoms with E-state index in [9.17, 15) is 25.2 Å². The highest BCUT2D eigenvalue weighted by Crippen LogP contribution is 2.30. The third kappa shape index (κ3) is 14.4. The zero-order chi connectivity index (χ0) is 49.4. The maximum absolute atomic E-state index is 11.9. The topological polar surface area (TPSA) is 250 Å². The van der Waals surface area contributed by atoms with E-state index in [0.29, 0.717) is 55.3 Å². The van der Waals surface area contributed by atoms with Gasteiger partial charge in [-0.3, -0.25) is 9.20 Å². The molecule has 71 heavy (non-hydrogen) atoms. The molecular formula is C56H56N6O9. The average Bonchev–Trinajstić information content (AvgIpc) is 3.69. The number of anilines is 1. The second-order valence-corrected chi connectivity index (χ2v) is 16.0. The molecule has 3 heterocycles. The summed E-state index contributed by atoms with van der Waals surface area (Å²) in [4.78, 5) is 30.3.